The van der Waals surface area contributed by atoms with E-state index >= 15 is 0 Å². The molecule has 0 bridgehead atoms. The molecule has 4 nitrogen and oxygen atoms in total. The first-order valence-corrected chi connectivity index (χ1v) is 3.94. The molecular weight excluding hydrogens is 178 g/mol. The highest BCUT2D eigenvalue weighted by Crippen LogP contribution is 1.99. The van der Waals surface area contributed by atoms with E-state index in [0.29, 0.717) is 5.92 Å². The van der Waals surface area contributed by atoms with Crippen LogP contribution in [0.5, 0.6) is 0 Å². The van der Waals surface area contributed by atoms with Crippen molar-refractivity contribution < 1.29 is 4.79 Å². The van der Waals surface area contributed by atoms with E-state index in [1.165, 1.54) is 0 Å². The Bertz CT molecular complexity index is 148. The number of hydrogen-bond acceptors (Lipinski definition) is 3. The molecule has 0 aromatic heterocycles. The molecular formula is C7H16ClN3O. The highest BCUT2D eigenvalue weighted by molar-refractivity contribution is 5.85. The Hall–Kier alpha value is -0.320. The number of rotatable bonds is 3. The number of nitrogens with two attached hydrogens (primary N) is 1. The molecule has 0 aromatic rings. The molecule has 1 saturated heterocycles. The van der Waals surface area contributed by atoms with Gasteiger partial charge in [0.25, 0.3) is 0 Å². The summed E-state index contributed by atoms with van der Waals surface area (Å²) in [5, 5.41) is 5.91. The molecule has 0 aromatic carbocycles. The van der Waals surface area contributed by atoms with Gasteiger partial charge in [-0.2, -0.15) is 0 Å². The second-order valence-electron chi connectivity index (χ2n) is 3.06. The van der Waals surface area contributed by atoms with Crippen LogP contribution >= 0.6 is 12.4 Å². The van der Waals surface area contributed by atoms with Gasteiger partial charge in [0.15, 0.2) is 0 Å². The van der Waals surface area contributed by atoms with Gasteiger partial charge in [-0.15, -0.1) is 12.4 Å². The maximum Gasteiger partial charge on any atom is 0.236 e. The van der Waals surface area contributed by atoms with Crippen LogP contribution < -0.4 is 16.4 Å². The van der Waals surface area contributed by atoms with Crippen molar-refractivity contribution in [3.63, 3.8) is 0 Å². The van der Waals surface area contributed by atoms with Gasteiger partial charge in [-0.3, -0.25) is 4.79 Å². The number of halogens is 1. The zero-order valence-electron chi connectivity index (χ0n) is 7.17. The summed E-state index contributed by atoms with van der Waals surface area (Å²) >= 11 is 0. The van der Waals surface area contributed by atoms with Gasteiger partial charge in [0.1, 0.15) is 0 Å². The van der Waals surface area contributed by atoms with Gasteiger partial charge in [0.2, 0.25) is 5.91 Å². The molecule has 1 fully saturated rings. The maximum atomic E-state index is 10.9. The van der Waals surface area contributed by atoms with Gasteiger partial charge in [-0.05, 0) is 6.92 Å². The molecule has 1 rings (SSSR count). The van der Waals surface area contributed by atoms with Gasteiger partial charge in [0.05, 0.1) is 6.04 Å². The highest BCUT2D eigenvalue weighted by Gasteiger charge is 2.17. The van der Waals surface area contributed by atoms with Crippen LogP contribution in [0.25, 0.3) is 0 Å². The second kappa shape index (κ2) is 5.35. The summed E-state index contributed by atoms with van der Waals surface area (Å²) < 4.78 is 0. The molecule has 0 radical (unpaired) electrons. The predicted molar refractivity (Wildman–Crippen MR) is 50.3 cm³/mol. The summed E-state index contributed by atoms with van der Waals surface area (Å²) in [5.41, 5.74) is 5.35. The van der Waals surface area contributed by atoms with Gasteiger partial charge >= 0.3 is 0 Å². The topological polar surface area (TPSA) is 67.2 Å². The second-order valence-corrected chi connectivity index (χ2v) is 3.06. The van der Waals surface area contributed by atoms with Crippen molar-refractivity contribution in [3.05, 3.63) is 0 Å². The molecule has 5 heteroatoms. The monoisotopic (exact) mass is 193 g/mol. The molecule has 1 atom stereocenters. The summed E-state index contributed by atoms with van der Waals surface area (Å²) in [5.74, 6) is 0.551. The van der Waals surface area contributed by atoms with Crippen molar-refractivity contribution in [3.8, 4) is 0 Å². The molecule has 12 heavy (non-hydrogen) atoms. The van der Waals surface area contributed by atoms with Crippen LogP contribution in [0.1, 0.15) is 6.92 Å². The smallest absolute Gasteiger partial charge is 0.236 e. The number of carbonyl (C=O) groups is 1. The Kier molecular flexibility index (Phi) is 5.20. The summed E-state index contributed by atoms with van der Waals surface area (Å²) in [6.45, 7) is 4.47. The van der Waals surface area contributed by atoms with Crippen LogP contribution in [0.2, 0.25) is 0 Å². The third-order valence-corrected chi connectivity index (χ3v) is 1.84. The van der Waals surface area contributed by atoms with E-state index in [4.69, 9.17) is 5.73 Å². The lowest BCUT2D eigenvalue weighted by molar-refractivity contribution is -0.122. The number of nitrogens with one attached hydrogen (secondary N) is 2. The average molecular weight is 194 g/mol. The standard InChI is InChI=1S/C7H15N3O.ClH/c1-5(8)7(11)10-4-6-2-9-3-6;/h5-6,9H,2-4,8H2,1H3,(H,10,11);1H/t5-;/m1./s1. The Morgan fingerprint density at radius 3 is 2.67 bits per heavy atom. The lowest BCUT2D eigenvalue weighted by Gasteiger charge is -2.27. The lowest BCUT2D eigenvalue weighted by atomic mass is 10.0. The minimum Gasteiger partial charge on any atom is -0.354 e. The van der Waals surface area contributed by atoms with E-state index in [2.05, 4.69) is 10.6 Å². The number of carbonyl (C=O) groups excluding carboxylic acids is 1. The first-order chi connectivity index (χ1) is 5.20. The number of hydrogen-bond donors (Lipinski definition) is 3. The SMILES string of the molecule is C[C@@H](N)C(=O)NCC1CNC1.Cl. The zero-order chi connectivity index (χ0) is 8.27. The van der Waals surface area contributed by atoms with Crippen molar-refractivity contribution >= 4 is 18.3 Å². The van der Waals surface area contributed by atoms with Crippen LogP contribution in [0.3, 0.4) is 0 Å². The molecule has 0 saturated carbocycles. The maximum absolute atomic E-state index is 10.9. The number of amides is 1. The van der Waals surface area contributed by atoms with E-state index in [0.717, 1.165) is 19.6 Å². The summed E-state index contributed by atoms with van der Waals surface area (Å²) in [4.78, 5) is 10.9. The molecule has 1 heterocycles. The fourth-order valence-corrected chi connectivity index (χ4v) is 0.899. The Morgan fingerprint density at radius 1 is 1.75 bits per heavy atom. The molecule has 0 aliphatic carbocycles. The fourth-order valence-electron chi connectivity index (χ4n) is 0.899. The summed E-state index contributed by atoms with van der Waals surface area (Å²) in [6, 6.07) is -0.386. The van der Waals surface area contributed by atoms with E-state index in [9.17, 15) is 4.79 Å². The molecule has 72 valence electrons. The molecule has 1 aliphatic heterocycles. The van der Waals surface area contributed by atoms with E-state index < -0.39 is 0 Å². The van der Waals surface area contributed by atoms with Gasteiger partial charge < -0.3 is 16.4 Å². The minimum absolute atomic E-state index is 0. The van der Waals surface area contributed by atoms with Crippen molar-refractivity contribution in [2.45, 2.75) is 13.0 Å². The van der Waals surface area contributed by atoms with Gasteiger partial charge in [-0.25, -0.2) is 0 Å². The van der Waals surface area contributed by atoms with Crippen molar-refractivity contribution in [2.75, 3.05) is 19.6 Å². The van der Waals surface area contributed by atoms with Crippen LogP contribution in [-0.2, 0) is 4.79 Å². The Morgan fingerprint density at radius 2 is 2.33 bits per heavy atom. The average Bonchev–Trinajstić information content (AvgIpc) is 1.83. The molecule has 1 amide bonds. The van der Waals surface area contributed by atoms with Crippen LogP contribution in [0, 0.1) is 5.92 Å². The largest absolute Gasteiger partial charge is 0.354 e. The zero-order valence-corrected chi connectivity index (χ0v) is 7.99. The summed E-state index contributed by atoms with van der Waals surface area (Å²) in [7, 11) is 0. The normalized spacial score (nSPS) is 18.8. The van der Waals surface area contributed by atoms with Crippen LogP contribution in [0.4, 0.5) is 0 Å². The third-order valence-electron chi connectivity index (χ3n) is 1.84. The first kappa shape index (κ1) is 11.7. The molecule has 4 N–H and O–H groups in total. The quantitative estimate of drug-likeness (QED) is 0.544. The fraction of sp³-hybridized carbons (Fsp3) is 0.857. The Labute approximate surface area is 78.7 Å². The predicted octanol–water partition coefficient (Wildman–Crippen LogP) is -0.909. The first-order valence-electron chi connectivity index (χ1n) is 3.94. The van der Waals surface area contributed by atoms with E-state index in [-0.39, 0.29) is 24.4 Å². The van der Waals surface area contributed by atoms with E-state index in [1.807, 2.05) is 0 Å². The van der Waals surface area contributed by atoms with Gasteiger partial charge in [0, 0.05) is 25.6 Å². The van der Waals surface area contributed by atoms with Crippen molar-refractivity contribution in [1.82, 2.24) is 10.6 Å². The Balaban J connectivity index is 0.00000121. The third kappa shape index (κ3) is 3.38. The highest BCUT2D eigenvalue weighted by atomic mass is 35.5. The lowest BCUT2D eigenvalue weighted by Crippen LogP contribution is -2.50. The van der Waals surface area contributed by atoms with Gasteiger partial charge in [-0.1, -0.05) is 0 Å². The molecule has 0 unspecified atom stereocenters. The molecule has 0 spiro atoms. The van der Waals surface area contributed by atoms with Crippen LogP contribution in [0.15, 0.2) is 0 Å². The van der Waals surface area contributed by atoms with Crippen molar-refractivity contribution in [1.29, 1.82) is 0 Å². The minimum atomic E-state index is -0.386. The van der Waals surface area contributed by atoms with E-state index in [1.54, 1.807) is 6.92 Å². The molecule has 1 aliphatic rings. The van der Waals surface area contributed by atoms with Crippen LogP contribution in [-0.4, -0.2) is 31.6 Å². The summed E-state index contributed by atoms with van der Waals surface area (Å²) in [6.07, 6.45) is 0. The van der Waals surface area contributed by atoms with Crippen molar-refractivity contribution in [2.24, 2.45) is 11.7 Å².